The monoisotopic (exact) mass is 197 g/mol. The summed E-state index contributed by atoms with van der Waals surface area (Å²) in [7, 11) is -1.65. The molecular formula is C6H11BF3NO2. The SMILES string of the molecule is OB(O)C1CCNC(C(F)(F)F)C1. The first-order valence-electron chi connectivity index (χ1n) is 4.07. The van der Waals surface area contributed by atoms with Crippen LogP contribution in [-0.2, 0) is 0 Å². The minimum Gasteiger partial charge on any atom is -0.427 e. The molecule has 1 aliphatic heterocycles. The highest BCUT2D eigenvalue weighted by molar-refractivity contribution is 6.43. The van der Waals surface area contributed by atoms with Gasteiger partial charge in [0.15, 0.2) is 0 Å². The maximum atomic E-state index is 12.2. The zero-order valence-corrected chi connectivity index (χ0v) is 6.88. The molecule has 7 heteroatoms. The van der Waals surface area contributed by atoms with E-state index in [1.165, 1.54) is 0 Å². The molecule has 0 amide bonds. The predicted octanol–water partition coefficient (Wildman–Crippen LogP) is 0.144. The highest BCUT2D eigenvalue weighted by Gasteiger charge is 2.44. The van der Waals surface area contributed by atoms with Gasteiger partial charge in [0.25, 0.3) is 0 Å². The van der Waals surface area contributed by atoms with Crippen LogP contribution in [0.2, 0.25) is 5.82 Å². The molecule has 0 radical (unpaired) electrons. The molecule has 76 valence electrons. The van der Waals surface area contributed by atoms with Gasteiger partial charge in [-0.1, -0.05) is 0 Å². The molecule has 3 nitrogen and oxygen atoms in total. The molecule has 1 rings (SSSR count). The Morgan fingerprint density at radius 3 is 2.38 bits per heavy atom. The maximum absolute atomic E-state index is 12.2. The number of halogens is 3. The number of rotatable bonds is 1. The van der Waals surface area contributed by atoms with Gasteiger partial charge in [-0.3, -0.25) is 0 Å². The van der Waals surface area contributed by atoms with Gasteiger partial charge in [0.05, 0.1) is 0 Å². The lowest BCUT2D eigenvalue weighted by Crippen LogP contribution is -2.48. The summed E-state index contributed by atoms with van der Waals surface area (Å²) in [6.07, 6.45) is -4.20. The van der Waals surface area contributed by atoms with E-state index < -0.39 is 25.2 Å². The lowest BCUT2D eigenvalue weighted by atomic mass is 9.66. The zero-order chi connectivity index (χ0) is 10.1. The Morgan fingerprint density at radius 1 is 1.31 bits per heavy atom. The zero-order valence-electron chi connectivity index (χ0n) is 6.88. The molecule has 0 aromatic carbocycles. The first kappa shape index (κ1) is 10.8. The van der Waals surface area contributed by atoms with Gasteiger partial charge in [0, 0.05) is 0 Å². The van der Waals surface area contributed by atoms with Gasteiger partial charge < -0.3 is 15.4 Å². The highest BCUT2D eigenvalue weighted by atomic mass is 19.4. The first-order valence-corrected chi connectivity index (χ1v) is 4.07. The number of hydrogen-bond donors (Lipinski definition) is 3. The van der Waals surface area contributed by atoms with E-state index in [1.54, 1.807) is 0 Å². The highest BCUT2D eigenvalue weighted by Crippen LogP contribution is 2.32. The van der Waals surface area contributed by atoms with Crippen molar-refractivity contribution in [2.24, 2.45) is 0 Å². The third-order valence-corrected chi connectivity index (χ3v) is 2.26. The van der Waals surface area contributed by atoms with Crippen LogP contribution in [0.3, 0.4) is 0 Å². The Balaban J connectivity index is 2.52. The standard InChI is InChI=1S/C6H11BF3NO2/c8-6(9,10)5-3-4(7(12)13)1-2-11-5/h4-5,11-13H,1-3H2. The average Bonchev–Trinajstić information content (AvgIpc) is 2.03. The van der Waals surface area contributed by atoms with Crippen LogP contribution in [0.4, 0.5) is 13.2 Å². The van der Waals surface area contributed by atoms with Gasteiger partial charge in [-0.25, -0.2) is 0 Å². The van der Waals surface area contributed by atoms with Crippen LogP contribution in [0, 0.1) is 0 Å². The number of alkyl halides is 3. The first-order chi connectivity index (χ1) is 5.91. The van der Waals surface area contributed by atoms with Crippen molar-refractivity contribution in [1.29, 1.82) is 0 Å². The van der Waals surface area contributed by atoms with Crippen molar-refractivity contribution >= 4 is 7.12 Å². The van der Waals surface area contributed by atoms with Gasteiger partial charge >= 0.3 is 13.3 Å². The molecule has 0 aliphatic carbocycles. The molecule has 0 aromatic heterocycles. The van der Waals surface area contributed by atoms with Crippen LogP contribution >= 0.6 is 0 Å². The summed E-state index contributed by atoms with van der Waals surface area (Å²) in [5, 5.41) is 19.7. The normalized spacial score (nSPS) is 30.2. The molecule has 0 saturated carbocycles. The summed E-state index contributed by atoms with van der Waals surface area (Å²) < 4.78 is 36.5. The quantitative estimate of drug-likeness (QED) is 0.524. The second kappa shape index (κ2) is 3.85. The van der Waals surface area contributed by atoms with E-state index in [1.807, 2.05) is 0 Å². The van der Waals surface area contributed by atoms with Crippen molar-refractivity contribution in [2.45, 2.75) is 30.9 Å². The van der Waals surface area contributed by atoms with Crippen LogP contribution in [-0.4, -0.2) is 35.9 Å². The molecule has 0 bridgehead atoms. The average molecular weight is 197 g/mol. The van der Waals surface area contributed by atoms with Crippen LogP contribution in [0.5, 0.6) is 0 Å². The van der Waals surface area contributed by atoms with E-state index in [-0.39, 0.29) is 13.0 Å². The third kappa shape index (κ3) is 2.86. The molecule has 2 atom stereocenters. The van der Waals surface area contributed by atoms with E-state index in [9.17, 15) is 13.2 Å². The summed E-state index contributed by atoms with van der Waals surface area (Å²) in [6.45, 7) is 0.173. The van der Waals surface area contributed by atoms with Crippen molar-refractivity contribution in [3.05, 3.63) is 0 Å². The van der Waals surface area contributed by atoms with Crippen molar-refractivity contribution < 1.29 is 23.2 Å². The molecule has 1 heterocycles. The van der Waals surface area contributed by atoms with E-state index in [0.717, 1.165) is 0 Å². The van der Waals surface area contributed by atoms with Gasteiger partial charge in [0.1, 0.15) is 6.04 Å². The Morgan fingerprint density at radius 2 is 1.92 bits per heavy atom. The van der Waals surface area contributed by atoms with E-state index in [2.05, 4.69) is 5.32 Å². The lowest BCUT2D eigenvalue weighted by Gasteiger charge is -2.31. The molecule has 1 fully saturated rings. The Hall–Kier alpha value is -0.265. The molecule has 3 N–H and O–H groups in total. The molecule has 0 spiro atoms. The van der Waals surface area contributed by atoms with Crippen LogP contribution < -0.4 is 5.32 Å². The second-order valence-electron chi connectivity index (χ2n) is 3.25. The minimum atomic E-state index is -4.30. The lowest BCUT2D eigenvalue weighted by molar-refractivity contribution is -0.160. The van der Waals surface area contributed by atoms with Crippen LogP contribution in [0.1, 0.15) is 12.8 Å². The van der Waals surface area contributed by atoms with Crippen molar-refractivity contribution in [3.8, 4) is 0 Å². The Bertz CT molecular complexity index is 176. The maximum Gasteiger partial charge on any atom is 0.454 e. The van der Waals surface area contributed by atoms with Gasteiger partial charge in [0.2, 0.25) is 0 Å². The molecule has 13 heavy (non-hydrogen) atoms. The topological polar surface area (TPSA) is 52.5 Å². The van der Waals surface area contributed by atoms with E-state index in [4.69, 9.17) is 10.0 Å². The van der Waals surface area contributed by atoms with E-state index >= 15 is 0 Å². The largest absolute Gasteiger partial charge is 0.454 e. The fourth-order valence-electron chi connectivity index (χ4n) is 1.47. The smallest absolute Gasteiger partial charge is 0.427 e. The Labute approximate surface area is 74.1 Å². The van der Waals surface area contributed by atoms with Gasteiger partial charge in [-0.15, -0.1) is 0 Å². The van der Waals surface area contributed by atoms with Crippen LogP contribution in [0.15, 0.2) is 0 Å². The van der Waals surface area contributed by atoms with Gasteiger partial charge in [-0.2, -0.15) is 13.2 Å². The molecular weight excluding hydrogens is 186 g/mol. The number of nitrogens with one attached hydrogen (secondary N) is 1. The third-order valence-electron chi connectivity index (χ3n) is 2.26. The summed E-state index contributed by atoms with van der Waals surface area (Å²) in [4.78, 5) is 0. The number of hydrogen-bond acceptors (Lipinski definition) is 3. The van der Waals surface area contributed by atoms with Crippen molar-refractivity contribution in [3.63, 3.8) is 0 Å². The summed E-state index contributed by atoms with van der Waals surface area (Å²) >= 11 is 0. The fourth-order valence-corrected chi connectivity index (χ4v) is 1.47. The van der Waals surface area contributed by atoms with Crippen molar-refractivity contribution in [2.75, 3.05) is 6.54 Å². The molecule has 0 aromatic rings. The van der Waals surface area contributed by atoms with Crippen LogP contribution in [0.25, 0.3) is 0 Å². The molecule has 1 saturated heterocycles. The van der Waals surface area contributed by atoms with Gasteiger partial charge in [-0.05, 0) is 25.2 Å². The second-order valence-corrected chi connectivity index (χ2v) is 3.25. The minimum absolute atomic E-state index is 0.173. The number of piperidine rings is 1. The summed E-state index contributed by atoms with van der Waals surface area (Å²) in [5.41, 5.74) is 0. The fraction of sp³-hybridized carbons (Fsp3) is 1.00. The summed E-state index contributed by atoms with van der Waals surface area (Å²) in [6, 6.07) is -1.60. The predicted molar refractivity (Wildman–Crippen MR) is 41.0 cm³/mol. The molecule has 1 aliphatic rings. The van der Waals surface area contributed by atoms with Crippen molar-refractivity contribution in [1.82, 2.24) is 5.32 Å². The van der Waals surface area contributed by atoms with E-state index in [0.29, 0.717) is 6.42 Å². The Kier molecular flexibility index (Phi) is 3.20. The molecule has 2 unspecified atom stereocenters. The summed E-state index contributed by atoms with van der Waals surface area (Å²) in [5.74, 6) is -0.673.